The molecule has 0 aromatic rings. The summed E-state index contributed by atoms with van der Waals surface area (Å²) in [6.07, 6.45) is -0.914. The van der Waals surface area contributed by atoms with Crippen LogP contribution in [0.3, 0.4) is 0 Å². The van der Waals surface area contributed by atoms with Crippen LogP contribution in [0, 0.1) is 5.92 Å². The molecule has 0 aromatic heterocycles. The van der Waals surface area contributed by atoms with Gasteiger partial charge >= 0.3 is 6.18 Å². The number of hydrogen-bond acceptors (Lipinski definition) is 3. The van der Waals surface area contributed by atoms with Crippen molar-refractivity contribution >= 4 is 5.96 Å². The number of alkyl halides is 3. The maximum Gasteiger partial charge on any atom is 0.401 e. The predicted octanol–water partition coefficient (Wildman–Crippen LogP) is 1.91. The van der Waals surface area contributed by atoms with Crippen molar-refractivity contribution in [3.63, 3.8) is 0 Å². The van der Waals surface area contributed by atoms with Gasteiger partial charge in [0.1, 0.15) is 0 Å². The molecule has 5 nitrogen and oxygen atoms in total. The summed E-state index contributed by atoms with van der Waals surface area (Å²) in [6.45, 7) is 9.01. The van der Waals surface area contributed by atoms with Gasteiger partial charge in [0.05, 0.1) is 13.1 Å². The second-order valence-electron chi connectivity index (χ2n) is 7.27. The van der Waals surface area contributed by atoms with E-state index in [2.05, 4.69) is 27.4 Å². The van der Waals surface area contributed by atoms with Gasteiger partial charge in [-0.15, -0.1) is 0 Å². The van der Waals surface area contributed by atoms with Gasteiger partial charge in [0.25, 0.3) is 0 Å². The second-order valence-corrected chi connectivity index (χ2v) is 7.27. The minimum atomic E-state index is -4.13. The average Bonchev–Trinajstić information content (AvgIpc) is 2.94. The Morgan fingerprint density at radius 1 is 1.12 bits per heavy atom. The van der Waals surface area contributed by atoms with Gasteiger partial charge in [0, 0.05) is 32.2 Å². The van der Waals surface area contributed by atoms with Crippen LogP contribution in [0.4, 0.5) is 13.2 Å². The van der Waals surface area contributed by atoms with Gasteiger partial charge in [-0.2, -0.15) is 13.2 Å². The fraction of sp³-hybridized carbons (Fsp3) is 0.941. The summed E-state index contributed by atoms with van der Waals surface area (Å²) in [5.74, 6) is 1.53. The minimum absolute atomic E-state index is 0.0241. The monoisotopic (exact) mass is 363 g/mol. The summed E-state index contributed by atoms with van der Waals surface area (Å²) in [4.78, 5) is 8.49. The molecule has 1 atom stereocenters. The van der Waals surface area contributed by atoms with E-state index in [9.17, 15) is 13.2 Å². The first-order chi connectivity index (χ1) is 11.9. The number of aliphatic imine (C=N–C) groups is 1. The number of likely N-dealkylation sites (tertiary alicyclic amines) is 2. The molecule has 2 N–H and O–H groups in total. The Morgan fingerprint density at radius 3 is 2.44 bits per heavy atom. The molecule has 2 rings (SSSR count). The third-order valence-electron chi connectivity index (χ3n) is 4.92. The van der Waals surface area contributed by atoms with Gasteiger partial charge in [-0.3, -0.25) is 9.89 Å². The third-order valence-corrected chi connectivity index (χ3v) is 4.92. The Bertz CT molecular complexity index is 419. The molecular weight excluding hydrogens is 331 g/mol. The van der Waals surface area contributed by atoms with E-state index in [0.29, 0.717) is 32.0 Å². The van der Waals surface area contributed by atoms with Gasteiger partial charge < -0.3 is 15.5 Å². The Kier molecular flexibility index (Phi) is 7.81. The first kappa shape index (κ1) is 20.3. The highest BCUT2D eigenvalue weighted by atomic mass is 19.4. The van der Waals surface area contributed by atoms with E-state index < -0.39 is 12.7 Å². The van der Waals surface area contributed by atoms with E-state index in [-0.39, 0.29) is 6.04 Å². The number of halogens is 3. The molecule has 2 saturated heterocycles. The molecule has 8 heteroatoms. The quantitative estimate of drug-likeness (QED) is 0.559. The van der Waals surface area contributed by atoms with Crippen molar-refractivity contribution in [2.75, 3.05) is 52.4 Å². The Labute approximate surface area is 149 Å². The van der Waals surface area contributed by atoms with Crippen LogP contribution in [-0.4, -0.2) is 80.3 Å². The molecule has 2 fully saturated rings. The molecule has 0 aliphatic carbocycles. The molecule has 25 heavy (non-hydrogen) atoms. The maximum atomic E-state index is 12.5. The van der Waals surface area contributed by atoms with Crippen molar-refractivity contribution in [2.45, 2.75) is 45.3 Å². The van der Waals surface area contributed by atoms with Gasteiger partial charge in [0.2, 0.25) is 0 Å². The number of piperidine rings is 1. The lowest BCUT2D eigenvalue weighted by molar-refractivity contribution is -0.143. The van der Waals surface area contributed by atoms with Gasteiger partial charge in [-0.25, -0.2) is 0 Å². The first-order valence-corrected chi connectivity index (χ1v) is 9.42. The summed E-state index contributed by atoms with van der Waals surface area (Å²) in [6, 6.07) is 0.0241. The highest BCUT2D eigenvalue weighted by Gasteiger charge is 2.34. The topological polar surface area (TPSA) is 42.9 Å². The summed E-state index contributed by atoms with van der Waals surface area (Å²) in [5, 5.41) is 6.49. The highest BCUT2D eigenvalue weighted by Crippen LogP contribution is 2.20. The molecule has 0 radical (unpaired) electrons. The van der Waals surface area contributed by atoms with Crippen LogP contribution in [0.25, 0.3) is 0 Å². The van der Waals surface area contributed by atoms with Crippen molar-refractivity contribution < 1.29 is 13.2 Å². The Hall–Kier alpha value is -1.02. The average molecular weight is 363 g/mol. The van der Waals surface area contributed by atoms with E-state index in [0.717, 1.165) is 32.1 Å². The van der Waals surface area contributed by atoms with Gasteiger partial charge in [-0.05, 0) is 45.2 Å². The van der Waals surface area contributed by atoms with E-state index in [4.69, 9.17) is 0 Å². The molecule has 0 bridgehead atoms. The second kappa shape index (κ2) is 9.62. The predicted molar refractivity (Wildman–Crippen MR) is 94.9 cm³/mol. The van der Waals surface area contributed by atoms with Crippen LogP contribution in [0.15, 0.2) is 4.99 Å². The van der Waals surface area contributed by atoms with E-state index in [1.807, 2.05) is 6.92 Å². The number of nitrogens with one attached hydrogen (secondary N) is 2. The molecule has 0 amide bonds. The number of nitrogens with zero attached hydrogens (tertiary/aromatic N) is 3. The lowest BCUT2D eigenvalue weighted by atomic mass is 9.99. The fourth-order valence-corrected chi connectivity index (χ4v) is 3.45. The molecule has 0 saturated carbocycles. The largest absolute Gasteiger partial charge is 0.401 e. The maximum absolute atomic E-state index is 12.5. The third kappa shape index (κ3) is 7.81. The van der Waals surface area contributed by atoms with Crippen molar-refractivity contribution in [3.8, 4) is 0 Å². The molecule has 146 valence electrons. The molecule has 2 heterocycles. The summed E-state index contributed by atoms with van der Waals surface area (Å²) in [5.41, 5.74) is 0. The van der Waals surface area contributed by atoms with Crippen molar-refractivity contribution in [1.82, 2.24) is 20.4 Å². The fourth-order valence-electron chi connectivity index (χ4n) is 3.45. The zero-order valence-electron chi connectivity index (χ0n) is 15.4. The van der Waals surface area contributed by atoms with E-state index >= 15 is 0 Å². The molecule has 2 aliphatic heterocycles. The lowest BCUT2D eigenvalue weighted by Crippen LogP contribution is -2.45. The summed E-state index contributed by atoms with van der Waals surface area (Å²) >= 11 is 0. The number of rotatable bonds is 6. The normalized spacial score (nSPS) is 24.7. The lowest BCUT2D eigenvalue weighted by Gasteiger charge is -2.29. The van der Waals surface area contributed by atoms with Crippen LogP contribution in [0.1, 0.15) is 33.1 Å². The SMILES string of the molecule is CCNC(=NCCN1CCC(C)CC1)NC1CCN(CC(F)(F)F)C1. The van der Waals surface area contributed by atoms with E-state index in [1.165, 1.54) is 17.7 Å². The van der Waals surface area contributed by atoms with Crippen LogP contribution < -0.4 is 10.6 Å². The van der Waals surface area contributed by atoms with Crippen LogP contribution in [0.5, 0.6) is 0 Å². The standard InChI is InChI=1S/C17H32F3N5/c1-3-21-16(22-7-11-24-8-4-14(2)5-9-24)23-15-6-10-25(12-15)13-17(18,19)20/h14-15H,3-13H2,1-2H3,(H2,21,22,23). The van der Waals surface area contributed by atoms with E-state index in [1.54, 1.807) is 0 Å². The summed E-state index contributed by atoms with van der Waals surface area (Å²) in [7, 11) is 0. The van der Waals surface area contributed by atoms with Crippen molar-refractivity contribution in [1.29, 1.82) is 0 Å². The molecule has 0 aromatic carbocycles. The van der Waals surface area contributed by atoms with Crippen LogP contribution >= 0.6 is 0 Å². The van der Waals surface area contributed by atoms with Crippen molar-refractivity contribution in [3.05, 3.63) is 0 Å². The minimum Gasteiger partial charge on any atom is -0.357 e. The molecular formula is C17H32F3N5. The summed E-state index contributed by atoms with van der Waals surface area (Å²) < 4.78 is 37.4. The number of hydrogen-bond donors (Lipinski definition) is 2. The highest BCUT2D eigenvalue weighted by molar-refractivity contribution is 5.80. The smallest absolute Gasteiger partial charge is 0.357 e. The van der Waals surface area contributed by atoms with Gasteiger partial charge in [-0.1, -0.05) is 6.92 Å². The zero-order valence-corrected chi connectivity index (χ0v) is 15.4. The van der Waals surface area contributed by atoms with Crippen molar-refractivity contribution in [2.24, 2.45) is 10.9 Å². The molecule has 1 unspecified atom stereocenters. The van der Waals surface area contributed by atoms with Crippen LogP contribution in [0.2, 0.25) is 0 Å². The first-order valence-electron chi connectivity index (χ1n) is 9.42. The molecule has 0 spiro atoms. The Balaban J connectivity index is 1.74. The van der Waals surface area contributed by atoms with Crippen LogP contribution in [-0.2, 0) is 0 Å². The Morgan fingerprint density at radius 2 is 1.80 bits per heavy atom. The number of guanidine groups is 1. The molecule has 2 aliphatic rings. The van der Waals surface area contributed by atoms with Gasteiger partial charge in [0.15, 0.2) is 5.96 Å². The zero-order chi connectivity index (χ0) is 18.3.